The van der Waals surface area contributed by atoms with E-state index in [1.165, 1.54) is 24.6 Å². The van der Waals surface area contributed by atoms with Crippen LogP contribution < -0.4 is 11.1 Å². The molecule has 0 spiro atoms. The second-order valence-corrected chi connectivity index (χ2v) is 6.03. The Bertz CT molecular complexity index is 1080. The lowest BCUT2D eigenvalue weighted by atomic mass is 10.2. The van der Waals surface area contributed by atoms with E-state index in [0.29, 0.717) is 0 Å². The maximum absolute atomic E-state index is 13.6. The Labute approximate surface area is 154 Å². The molecule has 1 atom stereocenters. The van der Waals surface area contributed by atoms with Crippen LogP contribution in [0.15, 0.2) is 36.5 Å². The van der Waals surface area contributed by atoms with Gasteiger partial charge in [0.25, 0.3) is 0 Å². The van der Waals surface area contributed by atoms with Crippen molar-refractivity contribution < 1.29 is 18.1 Å². The van der Waals surface area contributed by atoms with Gasteiger partial charge in [-0.1, -0.05) is 15.5 Å². The first-order chi connectivity index (χ1) is 13.0. The summed E-state index contributed by atoms with van der Waals surface area (Å²) in [5.74, 6) is 0.854. The van der Waals surface area contributed by atoms with Crippen LogP contribution in [0.5, 0.6) is 0 Å². The van der Waals surface area contributed by atoms with Crippen molar-refractivity contribution in [3.8, 4) is 29.5 Å². The van der Waals surface area contributed by atoms with Gasteiger partial charge in [-0.3, -0.25) is 4.52 Å². The third-order valence-electron chi connectivity index (χ3n) is 3.25. The molecule has 0 amide bonds. The number of rotatable bonds is 6. The molecule has 1 unspecified atom stereocenters. The Balaban J connectivity index is 1.98. The van der Waals surface area contributed by atoms with Gasteiger partial charge in [0.05, 0.1) is 35.4 Å². The van der Waals surface area contributed by atoms with Crippen LogP contribution in [0.4, 0.5) is 10.2 Å². The predicted octanol–water partition coefficient (Wildman–Crippen LogP) is 0.772. The van der Waals surface area contributed by atoms with Crippen molar-refractivity contribution >= 4 is 23.4 Å². The molecular formula is C15H11FN6O4S. The van der Waals surface area contributed by atoms with E-state index in [4.69, 9.17) is 10.9 Å². The highest BCUT2D eigenvalue weighted by Gasteiger charge is 2.23. The van der Waals surface area contributed by atoms with Crippen LogP contribution in [0.2, 0.25) is 0 Å². The molecule has 0 aliphatic heterocycles. The van der Waals surface area contributed by atoms with Gasteiger partial charge in [0.1, 0.15) is 12.1 Å². The molecule has 27 heavy (non-hydrogen) atoms. The topological polar surface area (TPSA) is 134 Å². The Hall–Kier alpha value is -3.43. The summed E-state index contributed by atoms with van der Waals surface area (Å²) in [6.45, 7) is 0.167. The smallest absolute Gasteiger partial charge is 0.446 e. The van der Waals surface area contributed by atoms with E-state index >= 15 is 0 Å². The van der Waals surface area contributed by atoms with Crippen molar-refractivity contribution in [3.63, 3.8) is 0 Å². The van der Waals surface area contributed by atoms with Crippen molar-refractivity contribution in [2.24, 2.45) is 4.40 Å². The summed E-state index contributed by atoms with van der Waals surface area (Å²) in [7, 11) is 0. The first-order valence-electron chi connectivity index (χ1n) is 7.29. The summed E-state index contributed by atoms with van der Waals surface area (Å²) < 4.78 is 38.7. The summed E-state index contributed by atoms with van der Waals surface area (Å²) in [5, 5.41) is 13.9. The maximum atomic E-state index is 13.6. The van der Waals surface area contributed by atoms with E-state index in [-0.39, 0.29) is 35.1 Å². The van der Waals surface area contributed by atoms with Crippen molar-refractivity contribution in [1.82, 2.24) is 20.0 Å². The molecule has 138 valence electrons. The number of benzene rings is 1. The first-order valence-corrected chi connectivity index (χ1v) is 8.81. The minimum atomic E-state index is -1.34. The Kier molecular flexibility index (Phi) is 5.34. The van der Waals surface area contributed by atoms with E-state index < -0.39 is 22.9 Å². The SMILES string of the molecule is C#Cc1cc(-n2c(-c3nonc3NCC=N[S+](C)[O-])noc2=O)ccc1F. The molecule has 0 saturated carbocycles. The lowest BCUT2D eigenvalue weighted by Gasteiger charge is -2.05. The summed E-state index contributed by atoms with van der Waals surface area (Å²) in [6, 6.07) is 3.75. The van der Waals surface area contributed by atoms with Gasteiger partial charge in [0.15, 0.2) is 5.69 Å². The molecule has 3 aromatic rings. The van der Waals surface area contributed by atoms with E-state index in [0.717, 1.165) is 10.6 Å². The van der Waals surface area contributed by atoms with Crippen LogP contribution in [-0.4, -0.2) is 43.6 Å². The zero-order valence-electron chi connectivity index (χ0n) is 13.7. The number of aromatic nitrogens is 4. The summed E-state index contributed by atoms with van der Waals surface area (Å²) in [4.78, 5) is 12.1. The molecule has 10 nitrogen and oxygen atoms in total. The monoisotopic (exact) mass is 390 g/mol. The highest BCUT2D eigenvalue weighted by atomic mass is 32.2. The maximum Gasteiger partial charge on any atom is 0.446 e. The molecule has 1 N–H and O–H groups in total. The number of nitrogens with one attached hydrogen (secondary N) is 1. The van der Waals surface area contributed by atoms with Crippen LogP contribution in [-0.2, 0) is 11.4 Å². The molecule has 0 aliphatic rings. The van der Waals surface area contributed by atoms with Crippen molar-refractivity contribution in [3.05, 3.63) is 40.1 Å². The standard InChI is InChI=1S/C15H11FN6O4S/c1-3-9-8-10(4-5-11(9)16)22-14(21-25-15(22)23)12-13(20-26-19-12)17-6-7-18-27(2)24/h1,4-5,7-8H,6H2,2H3,(H,17,20). The molecule has 0 radical (unpaired) electrons. The fraction of sp³-hybridized carbons (Fsp3) is 0.133. The fourth-order valence-electron chi connectivity index (χ4n) is 2.13. The normalized spacial score (nSPS) is 12.2. The average Bonchev–Trinajstić information content (AvgIpc) is 3.25. The van der Waals surface area contributed by atoms with Gasteiger partial charge in [0.2, 0.25) is 11.6 Å². The van der Waals surface area contributed by atoms with Crippen molar-refractivity contribution in [2.75, 3.05) is 18.1 Å². The second kappa shape index (κ2) is 7.85. The van der Waals surface area contributed by atoms with Gasteiger partial charge in [0, 0.05) is 0 Å². The van der Waals surface area contributed by atoms with Gasteiger partial charge >= 0.3 is 5.76 Å². The molecule has 0 saturated heterocycles. The number of hydrogen-bond acceptors (Lipinski definition) is 9. The number of anilines is 1. The molecule has 0 fully saturated rings. The Morgan fingerprint density at radius 1 is 1.48 bits per heavy atom. The van der Waals surface area contributed by atoms with Crippen LogP contribution in [0.25, 0.3) is 17.2 Å². The van der Waals surface area contributed by atoms with Gasteiger partial charge in [-0.05, 0) is 28.5 Å². The minimum Gasteiger partial charge on any atom is -0.592 e. The molecule has 2 heterocycles. The predicted molar refractivity (Wildman–Crippen MR) is 94.3 cm³/mol. The van der Waals surface area contributed by atoms with Gasteiger partial charge in [-0.2, -0.15) is 0 Å². The summed E-state index contributed by atoms with van der Waals surface area (Å²) in [5.41, 5.74) is 0.257. The van der Waals surface area contributed by atoms with E-state index in [9.17, 15) is 13.7 Å². The van der Waals surface area contributed by atoms with Crippen LogP contribution in [0.3, 0.4) is 0 Å². The quantitative estimate of drug-likeness (QED) is 0.370. The lowest BCUT2D eigenvalue weighted by molar-refractivity contribution is 0.309. The number of halogens is 1. The Morgan fingerprint density at radius 2 is 2.30 bits per heavy atom. The molecule has 0 aliphatic carbocycles. The third-order valence-corrected chi connectivity index (χ3v) is 3.70. The fourth-order valence-corrected chi connectivity index (χ4v) is 2.41. The van der Waals surface area contributed by atoms with E-state index in [2.05, 4.69) is 35.7 Å². The second-order valence-electron chi connectivity index (χ2n) is 4.97. The van der Waals surface area contributed by atoms with Gasteiger partial charge in [-0.25, -0.2) is 18.4 Å². The van der Waals surface area contributed by atoms with Gasteiger partial charge < -0.3 is 9.87 Å². The van der Waals surface area contributed by atoms with Gasteiger partial charge in [-0.15, -0.1) is 6.42 Å². The molecule has 2 aromatic heterocycles. The highest BCUT2D eigenvalue weighted by molar-refractivity contribution is 7.89. The largest absolute Gasteiger partial charge is 0.592 e. The Morgan fingerprint density at radius 3 is 3.04 bits per heavy atom. The molecule has 1 aromatic carbocycles. The van der Waals surface area contributed by atoms with Crippen molar-refractivity contribution in [1.29, 1.82) is 0 Å². The summed E-state index contributed by atoms with van der Waals surface area (Å²) in [6.07, 6.45) is 8.06. The van der Waals surface area contributed by atoms with Crippen molar-refractivity contribution in [2.45, 2.75) is 0 Å². The highest BCUT2D eigenvalue weighted by Crippen LogP contribution is 2.24. The van der Waals surface area contributed by atoms with Crippen LogP contribution in [0.1, 0.15) is 5.56 Å². The molecule has 12 heteroatoms. The van der Waals surface area contributed by atoms with E-state index in [1.54, 1.807) is 0 Å². The number of hydrogen-bond donors (Lipinski definition) is 1. The van der Waals surface area contributed by atoms with Crippen LogP contribution >= 0.6 is 0 Å². The van der Waals surface area contributed by atoms with E-state index in [1.807, 2.05) is 0 Å². The zero-order chi connectivity index (χ0) is 19.4. The third kappa shape index (κ3) is 3.89. The molecule has 3 rings (SSSR count). The first kappa shape index (κ1) is 18.4. The average molecular weight is 390 g/mol. The van der Waals surface area contributed by atoms with Crippen LogP contribution in [0, 0.1) is 18.2 Å². The zero-order valence-corrected chi connectivity index (χ0v) is 14.6. The number of nitrogens with zero attached hydrogens (tertiary/aromatic N) is 5. The minimum absolute atomic E-state index is 0.0330. The number of terminal acetylenes is 1. The molecular weight excluding hydrogens is 379 g/mol. The molecule has 0 bridgehead atoms. The summed E-state index contributed by atoms with van der Waals surface area (Å²) >= 11 is -1.34. The lowest BCUT2D eigenvalue weighted by Crippen LogP contribution is -2.14.